The van der Waals surface area contributed by atoms with E-state index in [4.69, 9.17) is 18.0 Å². The lowest BCUT2D eigenvalue weighted by atomic mass is 10.1. The van der Waals surface area contributed by atoms with Crippen molar-refractivity contribution in [2.75, 3.05) is 5.32 Å². The number of rotatable bonds is 4. The first-order chi connectivity index (χ1) is 8.20. The van der Waals surface area contributed by atoms with Gasteiger partial charge in [-0.2, -0.15) is 13.2 Å². The summed E-state index contributed by atoms with van der Waals surface area (Å²) in [4.78, 5) is 0.129. The fourth-order valence-electron chi connectivity index (χ4n) is 1.56. The molecule has 1 atom stereocenters. The van der Waals surface area contributed by atoms with Gasteiger partial charge >= 0.3 is 6.18 Å². The molecule has 0 spiro atoms. The molecule has 18 heavy (non-hydrogen) atoms. The number of hydrogen-bond donors (Lipinski definition) is 2. The summed E-state index contributed by atoms with van der Waals surface area (Å²) < 4.78 is 37.4. The molecule has 0 saturated carbocycles. The molecule has 1 aromatic carbocycles. The summed E-state index contributed by atoms with van der Waals surface area (Å²) in [5.74, 6) is 0. The summed E-state index contributed by atoms with van der Waals surface area (Å²) in [6.07, 6.45) is -5.13. The minimum atomic E-state index is -4.21. The summed E-state index contributed by atoms with van der Waals surface area (Å²) in [5, 5.41) is 2.77. The number of hydrogen-bond acceptors (Lipinski definition) is 2. The van der Waals surface area contributed by atoms with Gasteiger partial charge in [0.2, 0.25) is 0 Å². The molecule has 0 saturated heterocycles. The molecule has 3 N–H and O–H groups in total. The van der Waals surface area contributed by atoms with Crippen molar-refractivity contribution in [1.82, 2.24) is 0 Å². The van der Waals surface area contributed by atoms with Gasteiger partial charge in [0.25, 0.3) is 0 Å². The molecule has 0 bridgehead atoms. The number of anilines is 1. The molecule has 0 radical (unpaired) electrons. The Morgan fingerprint density at radius 1 is 1.50 bits per heavy atom. The highest BCUT2D eigenvalue weighted by Crippen LogP contribution is 2.28. The number of alkyl halides is 3. The molecule has 0 aliphatic rings. The van der Waals surface area contributed by atoms with Crippen LogP contribution in [0.25, 0.3) is 0 Å². The molecular weight excluding hydrogens is 329 g/mol. The molecular formula is C11H12BrF3N2S. The van der Waals surface area contributed by atoms with Crippen LogP contribution in [-0.4, -0.2) is 17.2 Å². The second-order valence-corrected chi connectivity index (χ2v) is 5.19. The van der Waals surface area contributed by atoms with Crippen molar-refractivity contribution in [3.63, 3.8) is 0 Å². The Morgan fingerprint density at radius 3 is 2.61 bits per heavy atom. The quantitative estimate of drug-likeness (QED) is 0.818. The van der Waals surface area contributed by atoms with Crippen molar-refractivity contribution in [1.29, 1.82) is 0 Å². The van der Waals surface area contributed by atoms with Crippen LogP contribution in [0, 0.1) is 0 Å². The van der Waals surface area contributed by atoms with Crippen LogP contribution in [-0.2, 0) is 0 Å². The van der Waals surface area contributed by atoms with Gasteiger partial charge < -0.3 is 11.1 Å². The fourth-order valence-corrected chi connectivity index (χ4v) is 2.49. The van der Waals surface area contributed by atoms with Gasteiger partial charge in [-0.25, -0.2) is 0 Å². The lowest BCUT2D eigenvalue weighted by Gasteiger charge is -2.19. The van der Waals surface area contributed by atoms with Gasteiger partial charge in [-0.1, -0.05) is 18.3 Å². The molecule has 0 aromatic heterocycles. The zero-order chi connectivity index (χ0) is 13.9. The van der Waals surface area contributed by atoms with Crippen molar-refractivity contribution in [2.45, 2.75) is 25.6 Å². The van der Waals surface area contributed by atoms with E-state index in [-0.39, 0.29) is 4.99 Å². The van der Waals surface area contributed by atoms with Gasteiger partial charge in [-0.05, 0) is 35.0 Å². The van der Waals surface area contributed by atoms with Crippen molar-refractivity contribution in [2.24, 2.45) is 5.73 Å². The van der Waals surface area contributed by atoms with Gasteiger partial charge in [-0.3, -0.25) is 0 Å². The van der Waals surface area contributed by atoms with Gasteiger partial charge in [0.05, 0.1) is 6.42 Å². The second kappa shape index (κ2) is 5.88. The lowest BCUT2D eigenvalue weighted by molar-refractivity contribution is -0.136. The molecule has 1 aromatic rings. The van der Waals surface area contributed by atoms with E-state index in [1.54, 1.807) is 18.2 Å². The Morgan fingerprint density at radius 2 is 2.11 bits per heavy atom. The monoisotopic (exact) mass is 340 g/mol. The molecule has 0 heterocycles. The molecule has 0 fully saturated rings. The van der Waals surface area contributed by atoms with E-state index in [2.05, 4.69) is 21.2 Å². The maximum Gasteiger partial charge on any atom is 0.391 e. The van der Waals surface area contributed by atoms with Crippen LogP contribution in [0.3, 0.4) is 0 Å². The van der Waals surface area contributed by atoms with Crippen LogP contribution in [0.2, 0.25) is 0 Å². The molecule has 1 unspecified atom stereocenters. The first kappa shape index (κ1) is 15.2. The van der Waals surface area contributed by atoms with Gasteiger partial charge in [0.15, 0.2) is 0 Å². The fraction of sp³-hybridized carbons (Fsp3) is 0.364. The molecule has 7 heteroatoms. The first-order valence-electron chi connectivity index (χ1n) is 5.12. The van der Waals surface area contributed by atoms with Crippen molar-refractivity contribution < 1.29 is 13.2 Å². The lowest BCUT2D eigenvalue weighted by Crippen LogP contribution is -2.25. The van der Waals surface area contributed by atoms with Crippen molar-refractivity contribution >= 4 is 38.8 Å². The Hall–Kier alpha value is -0.820. The second-order valence-electron chi connectivity index (χ2n) is 3.89. The third kappa shape index (κ3) is 4.45. The average molecular weight is 341 g/mol. The summed E-state index contributed by atoms with van der Waals surface area (Å²) in [5.41, 5.74) is 6.57. The number of thiocarbonyl (C=S) groups is 1. The predicted molar refractivity (Wildman–Crippen MR) is 73.8 cm³/mol. The van der Waals surface area contributed by atoms with E-state index in [9.17, 15) is 13.2 Å². The average Bonchev–Trinajstić information content (AvgIpc) is 2.13. The third-order valence-electron chi connectivity index (χ3n) is 2.20. The molecule has 0 amide bonds. The normalized spacial score (nSPS) is 13.2. The number of halogens is 4. The van der Waals surface area contributed by atoms with Crippen molar-refractivity contribution in [3.8, 4) is 0 Å². The van der Waals surface area contributed by atoms with E-state index >= 15 is 0 Å². The SMILES string of the molecule is CC(CC(F)(F)F)Nc1cccc(Br)c1C(N)=S. The van der Waals surface area contributed by atoms with E-state index < -0.39 is 18.6 Å². The minimum absolute atomic E-state index is 0.129. The Balaban J connectivity index is 2.91. The Bertz CT molecular complexity index is 448. The van der Waals surface area contributed by atoms with Crippen LogP contribution in [0.4, 0.5) is 18.9 Å². The van der Waals surface area contributed by atoms with Gasteiger partial charge in [0, 0.05) is 21.8 Å². The smallest absolute Gasteiger partial charge is 0.389 e. The molecule has 0 aliphatic heterocycles. The summed E-state index contributed by atoms with van der Waals surface area (Å²) >= 11 is 8.15. The topological polar surface area (TPSA) is 38.0 Å². The summed E-state index contributed by atoms with van der Waals surface area (Å²) in [6, 6.07) is 4.32. The van der Waals surface area contributed by atoms with Crippen LogP contribution < -0.4 is 11.1 Å². The van der Waals surface area contributed by atoms with Gasteiger partial charge in [0.1, 0.15) is 4.99 Å². The number of nitrogens with two attached hydrogens (primary N) is 1. The van der Waals surface area contributed by atoms with E-state index in [1.807, 2.05) is 0 Å². The standard InChI is InChI=1S/C11H12BrF3N2S/c1-6(5-11(13,14)15)17-8-4-2-3-7(12)9(8)10(16)18/h2-4,6,17H,5H2,1H3,(H2,16,18). The maximum atomic E-state index is 12.2. The summed E-state index contributed by atoms with van der Waals surface area (Å²) in [7, 11) is 0. The van der Waals surface area contributed by atoms with Crippen LogP contribution >= 0.6 is 28.1 Å². The largest absolute Gasteiger partial charge is 0.391 e. The zero-order valence-corrected chi connectivity index (χ0v) is 11.9. The number of nitrogens with one attached hydrogen (secondary N) is 1. The third-order valence-corrected chi connectivity index (χ3v) is 3.06. The highest BCUT2D eigenvalue weighted by molar-refractivity contribution is 9.10. The highest BCUT2D eigenvalue weighted by Gasteiger charge is 2.30. The first-order valence-corrected chi connectivity index (χ1v) is 6.32. The Labute approximate surface area is 117 Å². The van der Waals surface area contributed by atoms with Crippen LogP contribution in [0.1, 0.15) is 18.9 Å². The zero-order valence-electron chi connectivity index (χ0n) is 9.51. The summed E-state index contributed by atoms with van der Waals surface area (Å²) in [6.45, 7) is 1.46. The molecule has 100 valence electrons. The van der Waals surface area contributed by atoms with E-state index in [0.29, 0.717) is 15.7 Å². The molecule has 1 rings (SSSR count). The Kier molecular flexibility index (Phi) is 4.98. The van der Waals surface area contributed by atoms with Crippen LogP contribution in [0.15, 0.2) is 22.7 Å². The van der Waals surface area contributed by atoms with E-state index in [1.165, 1.54) is 6.92 Å². The van der Waals surface area contributed by atoms with E-state index in [0.717, 1.165) is 0 Å². The predicted octanol–water partition coefficient (Wildman–Crippen LogP) is 3.84. The highest BCUT2D eigenvalue weighted by atomic mass is 79.9. The van der Waals surface area contributed by atoms with Crippen LogP contribution in [0.5, 0.6) is 0 Å². The minimum Gasteiger partial charge on any atom is -0.389 e. The molecule has 0 aliphatic carbocycles. The maximum absolute atomic E-state index is 12.2. The van der Waals surface area contributed by atoms with Gasteiger partial charge in [-0.15, -0.1) is 0 Å². The van der Waals surface area contributed by atoms with Crippen molar-refractivity contribution in [3.05, 3.63) is 28.2 Å². The molecule has 2 nitrogen and oxygen atoms in total. The number of benzene rings is 1.